The van der Waals surface area contributed by atoms with Crippen LogP contribution in [0.3, 0.4) is 0 Å². The van der Waals surface area contributed by atoms with Crippen molar-refractivity contribution in [3.8, 4) is 17.2 Å². The zero-order valence-electron chi connectivity index (χ0n) is 36.9. The molecule has 1 unspecified atom stereocenters. The smallest absolute Gasteiger partial charge is 0.336 e. The van der Waals surface area contributed by atoms with Gasteiger partial charge in [-0.2, -0.15) is 0 Å². The number of esters is 2. The second-order valence-corrected chi connectivity index (χ2v) is 12.9. The Kier molecular flexibility index (Phi) is 34.5. The number of amides is 1. The predicted molar refractivity (Wildman–Crippen MR) is 232 cm³/mol. The first-order valence-electron chi connectivity index (χ1n) is 21.0. The molecule has 0 aliphatic carbocycles. The third-order valence-corrected chi connectivity index (χ3v) is 8.55. The second kappa shape index (κ2) is 36.3. The minimum Gasteiger partial charge on any atom is -0.493 e. The van der Waals surface area contributed by atoms with Gasteiger partial charge < -0.3 is 24.4 Å². The van der Waals surface area contributed by atoms with Crippen molar-refractivity contribution in [2.75, 3.05) is 7.11 Å². The number of carbonyl (C=O) groups excluding carboxylic acids is 4. The number of unbranched alkanes of at least 4 members (excludes halogenated alkanes) is 5. The molecule has 0 fully saturated rings. The van der Waals surface area contributed by atoms with Crippen LogP contribution in [0.4, 0.5) is 0 Å². The van der Waals surface area contributed by atoms with E-state index in [2.05, 4.69) is 30.9 Å². The minimum absolute atomic E-state index is 0.153. The summed E-state index contributed by atoms with van der Waals surface area (Å²) in [6.45, 7) is 17.8. The van der Waals surface area contributed by atoms with E-state index in [1.54, 1.807) is 24.3 Å². The van der Waals surface area contributed by atoms with Crippen LogP contribution in [0.25, 0.3) is 6.08 Å². The van der Waals surface area contributed by atoms with Crippen LogP contribution in [0, 0.1) is 16.0 Å². The number of benzene rings is 2. The Morgan fingerprint density at radius 3 is 2.16 bits per heavy atom. The fourth-order valence-corrected chi connectivity index (χ4v) is 5.24. The summed E-state index contributed by atoms with van der Waals surface area (Å²) >= 11 is 0. The molecule has 0 aliphatic heterocycles. The molecule has 0 aliphatic rings. The molecule has 0 bridgehead atoms. The number of rotatable bonds is 25. The molecule has 0 saturated heterocycles. The van der Waals surface area contributed by atoms with E-state index in [9.17, 15) is 29.3 Å². The highest BCUT2D eigenvalue weighted by atomic mass is 16.9. The van der Waals surface area contributed by atoms with Gasteiger partial charge in [0.25, 0.3) is 5.09 Å². The van der Waals surface area contributed by atoms with Crippen LogP contribution in [0.5, 0.6) is 17.2 Å². The molecule has 1 N–H and O–H groups in total. The Bertz CT molecular complexity index is 1500. The molecule has 0 radical (unpaired) electrons. The van der Waals surface area contributed by atoms with Gasteiger partial charge in [0, 0.05) is 25.3 Å². The van der Waals surface area contributed by atoms with E-state index in [-0.39, 0.29) is 29.8 Å². The largest absolute Gasteiger partial charge is 0.493 e. The van der Waals surface area contributed by atoms with Gasteiger partial charge in [0.05, 0.1) is 7.11 Å². The van der Waals surface area contributed by atoms with Crippen LogP contribution < -0.4 is 19.5 Å². The molecule has 2 rings (SSSR count). The van der Waals surface area contributed by atoms with Crippen LogP contribution in [-0.4, -0.2) is 41.9 Å². The third kappa shape index (κ3) is 27.6. The summed E-state index contributed by atoms with van der Waals surface area (Å²) in [6.07, 6.45) is 19.8. The van der Waals surface area contributed by atoms with E-state index in [1.807, 2.05) is 46.8 Å². The maximum absolute atomic E-state index is 12.4. The number of hydrogen-bond acceptors (Lipinski definition) is 10. The second-order valence-electron chi connectivity index (χ2n) is 12.9. The van der Waals surface area contributed by atoms with Crippen LogP contribution in [0.15, 0.2) is 60.7 Å². The first-order chi connectivity index (χ1) is 27.9. The number of allylic oxidation sites excluding steroid dienone is 2. The van der Waals surface area contributed by atoms with Gasteiger partial charge in [0.1, 0.15) is 24.2 Å². The average Bonchev–Trinajstić information content (AvgIpc) is 3.23. The van der Waals surface area contributed by atoms with Crippen LogP contribution >= 0.6 is 0 Å². The molecule has 12 heteroatoms. The summed E-state index contributed by atoms with van der Waals surface area (Å²) in [7, 11) is 1.40. The first-order valence-corrected chi connectivity index (χ1v) is 21.0. The average molecular weight is 813 g/mol. The number of Topliss-reactive ketones (excluding diaryl/α,β-unsaturated/α-hetero) is 1. The number of nitrogens with one attached hydrogen (secondary N) is 1. The van der Waals surface area contributed by atoms with E-state index in [0.29, 0.717) is 29.8 Å². The van der Waals surface area contributed by atoms with Gasteiger partial charge >= 0.3 is 11.9 Å². The molecule has 326 valence electrons. The maximum Gasteiger partial charge on any atom is 0.336 e. The molecule has 0 saturated carbocycles. The number of carbonyl (C=O) groups is 4. The highest BCUT2D eigenvalue weighted by molar-refractivity contribution is 5.89. The minimum atomic E-state index is -0.908. The highest BCUT2D eigenvalue weighted by Gasteiger charge is 2.19. The van der Waals surface area contributed by atoms with Gasteiger partial charge in [-0.3, -0.25) is 9.59 Å². The molecule has 2 aromatic carbocycles. The Morgan fingerprint density at radius 2 is 1.53 bits per heavy atom. The summed E-state index contributed by atoms with van der Waals surface area (Å²) in [5, 5.41) is 12.0. The fourth-order valence-electron chi connectivity index (χ4n) is 5.24. The summed E-state index contributed by atoms with van der Waals surface area (Å²) in [6, 6.07) is 9.97. The normalized spacial score (nSPS) is 10.9. The maximum atomic E-state index is 12.4. The molecule has 58 heavy (non-hydrogen) atoms. The van der Waals surface area contributed by atoms with Crippen LogP contribution in [0.2, 0.25) is 0 Å². The van der Waals surface area contributed by atoms with E-state index >= 15 is 0 Å². The zero-order valence-corrected chi connectivity index (χ0v) is 36.9. The Hall–Kier alpha value is -5.00. The van der Waals surface area contributed by atoms with Crippen molar-refractivity contribution in [3.63, 3.8) is 0 Å². The molecular weight excluding hydrogens is 741 g/mol. The summed E-state index contributed by atoms with van der Waals surface area (Å²) < 4.78 is 15.9. The van der Waals surface area contributed by atoms with E-state index < -0.39 is 23.1 Å². The van der Waals surface area contributed by atoms with Gasteiger partial charge in [-0.1, -0.05) is 117 Å². The van der Waals surface area contributed by atoms with Gasteiger partial charge in [-0.15, -0.1) is 10.1 Å². The van der Waals surface area contributed by atoms with Crippen molar-refractivity contribution >= 4 is 29.7 Å². The zero-order chi connectivity index (χ0) is 44.1. The van der Waals surface area contributed by atoms with Crippen LogP contribution in [0.1, 0.15) is 157 Å². The number of ether oxygens (including phenoxy) is 3. The highest BCUT2D eigenvalue weighted by Crippen LogP contribution is 2.29. The van der Waals surface area contributed by atoms with Gasteiger partial charge in [-0.05, 0) is 86.9 Å². The lowest BCUT2D eigenvalue weighted by atomic mass is 9.95. The first kappa shape index (κ1) is 55.1. The van der Waals surface area contributed by atoms with E-state index in [4.69, 9.17) is 14.2 Å². The third-order valence-electron chi connectivity index (χ3n) is 8.55. The fraction of sp³-hybridized carbons (Fsp3) is 0.565. The van der Waals surface area contributed by atoms with Crippen molar-refractivity contribution in [2.24, 2.45) is 5.92 Å². The van der Waals surface area contributed by atoms with Gasteiger partial charge in [-0.25, -0.2) is 9.59 Å². The van der Waals surface area contributed by atoms with Crippen molar-refractivity contribution in [3.05, 3.63) is 81.9 Å². The standard InChI is InChI=1S/C27H30N2O9.C15H30O.2C2H6/c1-4-5-6-7-11-25(30)28-19(2)27(32)38-23-14-12-20(17-24(23)35-3)13-15-26(31)37-22-10-8-9-21(16-22)18-36-29(33)34;1-4-7-8-9-10-11-15(16)13-12-14(5-2)6-3;2*1-2/h4-5,8-10,12-17,19H,6-7,11,18H2,1-3H3,(H,28,30);14H,4-13H2,1-3H3;2*1-2H3/b5-4-,15-13+;;;. The lowest BCUT2D eigenvalue weighted by molar-refractivity contribution is -0.763. The van der Waals surface area contributed by atoms with E-state index in [0.717, 1.165) is 38.0 Å². The summed E-state index contributed by atoms with van der Waals surface area (Å²) in [4.78, 5) is 62.9. The Balaban J connectivity index is 0. The summed E-state index contributed by atoms with van der Waals surface area (Å²) in [5.74, 6) is 0.285. The molecule has 12 nitrogen and oxygen atoms in total. The van der Waals surface area contributed by atoms with Crippen molar-refractivity contribution in [1.29, 1.82) is 0 Å². The monoisotopic (exact) mass is 813 g/mol. The Morgan fingerprint density at radius 1 is 0.845 bits per heavy atom. The van der Waals surface area contributed by atoms with E-state index in [1.165, 1.54) is 82.9 Å². The summed E-state index contributed by atoms with van der Waals surface area (Å²) in [5.41, 5.74) is 1.03. The quantitative estimate of drug-likeness (QED) is 0.0194. The van der Waals surface area contributed by atoms with Crippen LogP contribution in [-0.2, 0) is 30.6 Å². The number of ketones is 1. The topological polar surface area (TPSA) is 160 Å². The molecule has 0 aromatic heterocycles. The van der Waals surface area contributed by atoms with Crippen molar-refractivity contribution in [1.82, 2.24) is 5.32 Å². The lowest BCUT2D eigenvalue weighted by Gasteiger charge is -2.15. The van der Waals surface area contributed by atoms with Gasteiger partial charge in [0.15, 0.2) is 11.5 Å². The van der Waals surface area contributed by atoms with Gasteiger partial charge in [0.2, 0.25) is 5.91 Å². The lowest BCUT2D eigenvalue weighted by Crippen LogP contribution is -2.40. The molecular formula is C46H72N2O10. The van der Waals surface area contributed by atoms with Crippen molar-refractivity contribution < 1.29 is 43.3 Å². The number of methoxy groups -OCH3 is 1. The predicted octanol–water partition coefficient (Wildman–Crippen LogP) is 11.4. The number of nitrogens with zero attached hydrogens (tertiary/aromatic N) is 1. The van der Waals surface area contributed by atoms with Crippen molar-refractivity contribution in [2.45, 2.75) is 158 Å². The SMILES string of the molecule is C/C=C\CCCC(=O)NC(C)C(=O)Oc1ccc(/C=C/C(=O)Oc2cccc(CO[N+](=O)[O-])c2)cc1OC.CC.CC.CCCCCCCC(=O)CCC(CC)CC. The molecule has 0 spiro atoms. The molecule has 2 aromatic rings. The molecule has 0 heterocycles. The number of hydrogen-bond donors (Lipinski definition) is 1. The Labute approximate surface area is 348 Å². The molecule has 1 amide bonds. The molecule has 1 atom stereocenters.